The molecule has 1 unspecified atom stereocenters. The second-order valence-electron chi connectivity index (χ2n) is 8.44. The molecule has 2 aromatic rings. The summed E-state index contributed by atoms with van der Waals surface area (Å²) in [5.74, 6) is 0. The van der Waals surface area contributed by atoms with E-state index in [0.29, 0.717) is 12.1 Å². The number of nitrogens with one attached hydrogen (secondary N) is 1. The van der Waals surface area contributed by atoms with Crippen molar-refractivity contribution in [2.75, 3.05) is 13.2 Å². The monoisotopic (exact) mass is 339 g/mol. The largest absolute Gasteiger partial charge is 0.381 e. The zero-order valence-electron chi connectivity index (χ0n) is 15.6. The Labute approximate surface area is 150 Å². The molecule has 0 spiro atoms. The number of fused-ring (bicyclic) bond motifs is 1. The molecule has 0 amide bonds. The second-order valence-corrected chi connectivity index (χ2v) is 8.44. The molecule has 1 aliphatic carbocycles. The van der Waals surface area contributed by atoms with Crippen molar-refractivity contribution < 1.29 is 4.74 Å². The summed E-state index contributed by atoms with van der Waals surface area (Å²) in [5.41, 5.74) is 5.47. The molecule has 2 aliphatic rings. The zero-order valence-corrected chi connectivity index (χ0v) is 15.6. The van der Waals surface area contributed by atoms with E-state index in [2.05, 4.69) is 61.2 Å². The minimum absolute atomic E-state index is 0.276. The van der Waals surface area contributed by atoms with Gasteiger partial charge in [0.05, 0.1) is 11.9 Å². The number of hydrogen-bond donors (Lipinski definition) is 1. The predicted molar refractivity (Wildman–Crippen MR) is 100 cm³/mol. The molecule has 4 nitrogen and oxygen atoms in total. The average Bonchev–Trinajstić information content (AvgIpc) is 2.99. The molecule has 0 bridgehead atoms. The van der Waals surface area contributed by atoms with Crippen LogP contribution in [0, 0.1) is 12.3 Å². The molecule has 1 N–H and O–H groups in total. The highest BCUT2D eigenvalue weighted by atomic mass is 16.5. The van der Waals surface area contributed by atoms with E-state index < -0.39 is 0 Å². The third kappa shape index (κ3) is 3.51. The molecule has 1 aromatic carbocycles. The van der Waals surface area contributed by atoms with Gasteiger partial charge >= 0.3 is 0 Å². The summed E-state index contributed by atoms with van der Waals surface area (Å²) in [6.07, 6.45) is 6.54. The molecular formula is C21H29N3O. The lowest BCUT2D eigenvalue weighted by Gasteiger charge is -2.38. The first kappa shape index (κ1) is 16.8. The first-order chi connectivity index (χ1) is 12.0. The topological polar surface area (TPSA) is 39.1 Å². The zero-order chi connectivity index (χ0) is 17.4. The fraction of sp³-hybridized carbons (Fsp3) is 0.571. The van der Waals surface area contributed by atoms with Crippen LogP contribution in [0.5, 0.6) is 0 Å². The van der Waals surface area contributed by atoms with Gasteiger partial charge in [-0.3, -0.25) is 0 Å². The maximum atomic E-state index is 5.51. The van der Waals surface area contributed by atoms with E-state index in [9.17, 15) is 0 Å². The van der Waals surface area contributed by atoms with Crippen molar-refractivity contribution in [1.82, 2.24) is 15.1 Å². The van der Waals surface area contributed by atoms with Crippen LogP contribution in [0.2, 0.25) is 0 Å². The highest BCUT2D eigenvalue weighted by Gasteiger charge is 2.36. The van der Waals surface area contributed by atoms with Crippen LogP contribution in [0.1, 0.15) is 56.0 Å². The van der Waals surface area contributed by atoms with Gasteiger partial charge in [-0.2, -0.15) is 5.10 Å². The highest BCUT2D eigenvalue weighted by molar-refractivity contribution is 5.39. The van der Waals surface area contributed by atoms with E-state index in [1.165, 1.54) is 16.8 Å². The van der Waals surface area contributed by atoms with Gasteiger partial charge in [0.25, 0.3) is 0 Å². The molecule has 1 fully saturated rings. The number of aromatic nitrogens is 2. The van der Waals surface area contributed by atoms with Gasteiger partial charge in [0.15, 0.2) is 0 Å². The minimum Gasteiger partial charge on any atom is -0.381 e. The summed E-state index contributed by atoms with van der Waals surface area (Å²) in [6, 6.07) is 9.62. The van der Waals surface area contributed by atoms with E-state index >= 15 is 0 Å². The van der Waals surface area contributed by atoms with Gasteiger partial charge in [0, 0.05) is 36.6 Å². The lowest BCUT2D eigenvalue weighted by Crippen LogP contribution is -2.41. The summed E-state index contributed by atoms with van der Waals surface area (Å²) in [7, 11) is 0. The van der Waals surface area contributed by atoms with E-state index in [4.69, 9.17) is 9.84 Å². The summed E-state index contributed by atoms with van der Waals surface area (Å²) in [6.45, 7) is 8.63. The number of rotatable bonds is 3. The molecule has 0 radical (unpaired) electrons. The summed E-state index contributed by atoms with van der Waals surface area (Å²) in [4.78, 5) is 0. The molecule has 1 saturated heterocycles. The van der Waals surface area contributed by atoms with E-state index in [0.717, 1.165) is 44.6 Å². The molecule has 0 saturated carbocycles. The van der Waals surface area contributed by atoms with Crippen LogP contribution in [-0.4, -0.2) is 29.0 Å². The molecule has 1 aromatic heterocycles. The minimum atomic E-state index is 0.276. The van der Waals surface area contributed by atoms with Crippen molar-refractivity contribution in [2.24, 2.45) is 5.41 Å². The molecule has 1 aliphatic heterocycles. The van der Waals surface area contributed by atoms with Crippen molar-refractivity contribution in [2.45, 2.75) is 58.5 Å². The van der Waals surface area contributed by atoms with Crippen LogP contribution >= 0.6 is 0 Å². The van der Waals surface area contributed by atoms with Crippen LogP contribution in [-0.2, 0) is 11.2 Å². The van der Waals surface area contributed by atoms with Gasteiger partial charge in [0.2, 0.25) is 0 Å². The molecule has 2 heterocycles. The van der Waals surface area contributed by atoms with Crippen LogP contribution in [0.25, 0.3) is 5.69 Å². The lowest BCUT2D eigenvalue weighted by atomic mass is 9.74. The quantitative estimate of drug-likeness (QED) is 0.920. The normalized spacial score (nSPS) is 23.4. The maximum Gasteiger partial charge on any atom is 0.0649 e. The van der Waals surface area contributed by atoms with Crippen molar-refractivity contribution >= 4 is 0 Å². The first-order valence-electron chi connectivity index (χ1n) is 9.49. The number of nitrogens with zero attached hydrogens (tertiary/aromatic N) is 2. The smallest absolute Gasteiger partial charge is 0.0649 e. The van der Waals surface area contributed by atoms with Crippen LogP contribution in [0.4, 0.5) is 0 Å². The van der Waals surface area contributed by atoms with Crippen molar-refractivity contribution in [3.05, 3.63) is 47.3 Å². The van der Waals surface area contributed by atoms with Crippen LogP contribution in [0.15, 0.2) is 30.5 Å². The molecule has 4 heteroatoms. The Bertz CT molecular complexity index is 726. The Morgan fingerprint density at radius 1 is 1.16 bits per heavy atom. The van der Waals surface area contributed by atoms with Gasteiger partial charge in [-0.1, -0.05) is 31.5 Å². The van der Waals surface area contributed by atoms with Crippen molar-refractivity contribution in [1.29, 1.82) is 0 Å². The van der Waals surface area contributed by atoms with Gasteiger partial charge in [0.1, 0.15) is 0 Å². The van der Waals surface area contributed by atoms with E-state index in [1.807, 2.05) is 0 Å². The Morgan fingerprint density at radius 2 is 1.88 bits per heavy atom. The molecule has 1 atom stereocenters. The van der Waals surface area contributed by atoms with E-state index in [1.54, 1.807) is 0 Å². The first-order valence-corrected chi connectivity index (χ1v) is 9.49. The van der Waals surface area contributed by atoms with Gasteiger partial charge in [-0.15, -0.1) is 0 Å². The van der Waals surface area contributed by atoms with Gasteiger partial charge < -0.3 is 10.1 Å². The van der Waals surface area contributed by atoms with Crippen LogP contribution in [0.3, 0.4) is 0 Å². The Hall–Kier alpha value is -1.65. The van der Waals surface area contributed by atoms with Crippen molar-refractivity contribution in [3.63, 3.8) is 0 Å². The maximum absolute atomic E-state index is 5.51. The second kappa shape index (κ2) is 6.58. The van der Waals surface area contributed by atoms with E-state index in [-0.39, 0.29) is 5.41 Å². The SMILES string of the molecule is Cc1ccc(-n2ncc3c2CC(C)(C)CC3NC2CCOCC2)cc1. The fourth-order valence-corrected chi connectivity index (χ4v) is 4.25. The van der Waals surface area contributed by atoms with Gasteiger partial charge in [-0.25, -0.2) is 4.68 Å². The van der Waals surface area contributed by atoms with Crippen LogP contribution < -0.4 is 5.32 Å². The van der Waals surface area contributed by atoms with Gasteiger partial charge in [-0.05, 0) is 50.2 Å². The third-order valence-corrected chi connectivity index (χ3v) is 5.62. The Kier molecular flexibility index (Phi) is 4.42. The number of aryl methyl sites for hydroxylation is 1. The average molecular weight is 339 g/mol. The number of ether oxygens (including phenoxy) is 1. The fourth-order valence-electron chi connectivity index (χ4n) is 4.25. The third-order valence-electron chi connectivity index (χ3n) is 5.62. The number of benzene rings is 1. The lowest BCUT2D eigenvalue weighted by molar-refractivity contribution is 0.0717. The molecule has 4 rings (SSSR count). The Balaban J connectivity index is 1.65. The Morgan fingerprint density at radius 3 is 2.60 bits per heavy atom. The van der Waals surface area contributed by atoms with Crippen molar-refractivity contribution in [3.8, 4) is 5.69 Å². The predicted octanol–water partition coefficient (Wildman–Crippen LogP) is 3.96. The molecular weight excluding hydrogens is 310 g/mol. The number of hydrogen-bond acceptors (Lipinski definition) is 3. The molecule has 25 heavy (non-hydrogen) atoms. The summed E-state index contributed by atoms with van der Waals surface area (Å²) < 4.78 is 7.66. The molecule has 134 valence electrons. The highest BCUT2D eigenvalue weighted by Crippen LogP contribution is 2.41. The standard InChI is InChI=1S/C21H29N3O/c1-15-4-6-17(7-5-15)24-20-13-21(2,3)12-19(18(20)14-22-24)23-16-8-10-25-11-9-16/h4-7,14,16,19,23H,8-13H2,1-3H3. The summed E-state index contributed by atoms with van der Waals surface area (Å²) >= 11 is 0. The summed E-state index contributed by atoms with van der Waals surface area (Å²) in [5, 5.41) is 8.67.